The van der Waals surface area contributed by atoms with Gasteiger partial charge in [-0.15, -0.1) is 0 Å². The number of benzene rings is 1. The average Bonchev–Trinajstić information content (AvgIpc) is 3.23. The highest BCUT2D eigenvalue weighted by Gasteiger charge is 2.39. The number of aromatic nitrogens is 1. The number of aromatic amines is 1. The van der Waals surface area contributed by atoms with Crippen LogP contribution in [0, 0.1) is 0 Å². The van der Waals surface area contributed by atoms with Crippen LogP contribution in [0.2, 0.25) is 0 Å². The van der Waals surface area contributed by atoms with Crippen LogP contribution in [-0.2, 0) is 19.6 Å². The summed E-state index contributed by atoms with van der Waals surface area (Å²) in [5.74, 6) is -2.63. The molecule has 2 heterocycles. The van der Waals surface area contributed by atoms with E-state index in [1.165, 1.54) is 19.2 Å². The van der Waals surface area contributed by atoms with Gasteiger partial charge in [-0.2, -0.15) is 0 Å². The number of sulfonamides is 1. The Balaban J connectivity index is 1.72. The minimum Gasteiger partial charge on any atom is -0.383 e. The Labute approximate surface area is 154 Å². The maximum atomic E-state index is 12.2. The zero-order chi connectivity index (χ0) is 19.6. The van der Waals surface area contributed by atoms with Crippen molar-refractivity contribution in [2.45, 2.75) is 4.90 Å². The first-order valence-electron chi connectivity index (χ1n) is 7.72. The summed E-state index contributed by atoms with van der Waals surface area (Å²) in [5, 5.41) is 0.346. The minimum absolute atomic E-state index is 0.0544. The van der Waals surface area contributed by atoms with Crippen molar-refractivity contribution in [3.63, 3.8) is 0 Å². The Bertz CT molecular complexity index is 978. The van der Waals surface area contributed by atoms with E-state index in [2.05, 4.69) is 9.71 Å². The predicted molar refractivity (Wildman–Crippen MR) is 90.2 cm³/mol. The molecule has 0 fully saturated rings. The predicted octanol–water partition coefficient (Wildman–Crippen LogP) is 0.307. The number of carbonyl (C=O) groups is 3. The first kappa shape index (κ1) is 18.8. The van der Waals surface area contributed by atoms with Crippen LogP contribution in [0.1, 0.15) is 31.2 Å². The van der Waals surface area contributed by atoms with Crippen molar-refractivity contribution in [2.24, 2.45) is 0 Å². The molecule has 2 aromatic rings. The normalized spacial score (nSPS) is 13.7. The van der Waals surface area contributed by atoms with Gasteiger partial charge in [0.25, 0.3) is 11.8 Å². The number of H-pyrrole nitrogens is 1. The van der Waals surface area contributed by atoms with Gasteiger partial charge in [0.1, 0.15) is 10.6 Å². The first-order valence-corrected chi connectivity index (χ1v) is 9.20. The lowest BCUT2D eigenvalue weighted by atomic mass is 10.1. The van der Waals surface area contributed by atoms with Gasteiger partial charge >= 0.3 is 5.97 Å². The van der Waals surface area contributed by atoms with E-state index >= 15 is 0 Å². The van der Waals surface area contributed by atoms with E-state index in [1.54, 1.807) is 12.1 Å². The van der Waals surface area contributed by atoms with Gasteiger partial charge in [0.05, 0.1) is 17.7 Å². The Morgan fingerprint density at radius 3 is 2.41 bits per heavy atom. The van der Waals surface area contributed by atoms with Crippen molar-refractivity contribution in [1.29, 1.82) is 0 Å². The lowest BCUT2D eigenvalue weighted by Crippen LogP contribution is -2.32. The molecule has 142 valence electrons. The third-order valence-electron chi connectivity index (χ3n) is 3.72. The van der Waals surface area contributed by atoms with Crippen molar-refractivity contribution < 1.29 is 32.4 Å². The van der Waals surface area contributed by atoms with E-state index in [-0.39, 0.29) is 34.9 Å². The molecule has 0 spiro atoms. The number of hydroxylamine groups is 2. The van der Waals surface area contributed by atoms with Crippen molar-refractivity contribution >= 4 is 27.8 Å². The number of hydrogen-bond donors (Lipinski definition) is 2. The SMILES string of the molecule is COCCNS(=O)(=O)c1c[nH]c(C(=O)ON2C(=O)c3ccccc3C2=O)c1. The molecule has 0 bridgehead atoms. The second-order valence-electron chi connectivity index (χ2n) is 5.47. The van der Waals surface area contributed by atoms with Gasteiger partial charge in [0, 0.05) is 19.9 Å². The number of rotatable bonds is 7. The number of carbonyl (C=O) groups excluding carboxylic acids is 3. The molecule has 0 saturated heterocycles. The molecule has 0 radical (unpaired) electrons. The summed E-state index contributed by atoms with van der Waals surface area (Å²) in [6.07, 6.45) is 1.09. The van der Waals surface area contributed by atoms with Crippen LogP contribution in [0.5, 0.6) is 0 Å². The monoisotopic (exact) mass is 393 g/mol. The summed E-state index contributed by atoms with van der Waals surface area (Å²) in [6, 6.07) is 7.07. The molecule has 0 unspecified atom stereocenters. The lowest BCUT2D eigenvalue weighted by molar-refractivity contribution is -0.0588. The summed E-state index contributed by atoms with van der Waals surface area (Å²) in [6.45, 7) is 0.233. The molecule has 0 atom stereocenters. The molecule has 10 nitrogen and oxygen atoms in total. The van der Waals surface area contributed by atoms with Gasteiger partial charge in [-0.3, -0.25) is 9.59 Å². The number of nitrogens with zero attached hydrogens (tertiary/aromatic N) is 1. The van der Waals surface area contributed by atoms with Crippen LogP contribution in [-0.4, -0.2) is 56.5 Å². The third kappa shape index (κ3) is 3.60. The van der Waals surface area contributed by atoms with Gasteiger partial charge in [0.2, 0.25) is 10.0 Å². The summed E-state index contributed by atoms with van der Waals surface area (Å²) >= 11 is 0. The molecule has 0 saturated carbocycles. The van der Waals surface area contributed by atoms with Gasteiger partial charge in [-0.1, -0.05) is 17.2 Å². The minimum atomic E-state index is -3.85. The van der Waals surface area contributed by atoms with Crippen molar-refractivity contribution in [3.8, 4) is 0 Å². The number of methoxy groups -OCH3 is 1. The van der Waals surface area contributed by atoms with Gasteiger partial charge in [0.15, 0.2) is 0 Å². The van der Waals surface area contributed by atoms with E-state index in [4.69, 9.17) is 9.57 Å². The Morgan fingerprint density at radius 1 is 1.19 bits per heavy atom. The summed E-state index contributed by atoms with van der Waals surface area (Å²) in [4.78, 5) is 43.7. The summed E-state index contributed by atoms with van der Waals surface area (Å²) < 4.78 is 31.2. The molecule has 1 aromatic heterocycles. The van der Waals surface area contributed by atoms with E-state index in [0.717, 1.165) is 12.3 Å². The van der Waals surface area contributed by atoms with Crippen LogP contribution in [0.25, 0.3) is 0 Å². The van der Waals surface area contributed by atoms with Gasteiger partial charge in [-0.25, -0.2) is 17.9 Å². The van der Waals surface area contributed by atoms with Crippen LogP contribution in [0.3, 0.4) is 0 Å². The molecular formula is C16H15N3O7S. The summed E-state index contributed by atoms with van der Waals surface area (Å²) in [7, 11) is -2.43. The molecule has 11 heteroatoms. The second-order valence-corrected chi connectivity index (χ2v) is 7.24. The van der Waals surface area contributed by atoms with E-state index in [0.29, 0.717) is 5.06 Å². The Kier molecular flexibility index (Phi) is 5.08. The topological polar surface area (TPSA) is 135 Å². The zero-order valence-corrected chi connectivity index (χ0v) is 14.9. The second kappa shape index (κ2) is 7.31. The van der Waals surface area contributed by atoms with Crippen LogP contribution >= 0.6 is 0 Å². The van der Waals surface area contributed by atoms with Crippen LogP contribution in [0.4, 0.5) is 0 Å². The molecular weight excluding hydrogens is 378 g/mol. The molecule has 1 aromatic carbocycles. The fourth-order valence-corrected chi connectivity index (χ4v) is 3.40. The Hall–Kier alpha value is -3.02. The standard InChI is InChI=1S/C16H15N3O7S/c1-25-7-6-18-27(23,24)10-8-13(17-9-10)16(22)26-19-14(20)11-4-2-3-5-12(11)15(19)21/h2-5,8-9,17-18H,6-7H2,1H3. The highest BCUT2D eigenvalue weighted by Crippen LogP contribution is 2.23. The van der Waals surface area contributed by atoms with Crippen molar-refractivity contribution in [1.82, 2.24) is 14.8 Å². The number of imide groups is 1. The fourth-order valence-electron chi connectivity index (χ4n) is 2.39. The number of fused-ring (bicyclic) bond motifs is 1. The maximum absolute atomic E-state index is 12.2. The average molecular weight is 393 g/mol. The van der Waals surface area contributed by atoms with E-state index in [1.807, 2.05) is 0 Å². The van der Waals surface area contributed by atoms with Crippen molar-refractivity contribution in [2.75, 3.05) is 20.3 Å². The molecule has 27 heavy (non-hydrogen) atoms. The lowest BCUT2D eigenvalue weighted by Gasteiger charge is -2.11. The zero-order valence-electron chi connectivity index (χ0n) is 14.1. The molecule has 2 N–H and O–H groups in total. The molecule has 1 aliphatic heterocycles. The molecule has 0 aliphatic carbocycles. The first-order chi connectivity index (χ1) is 12.8. The van der Waals surface area contributed by atoms with Gasteiger partial charge in [-0.05, 0) is 18.2 Å². The highest BCUT2D eigenvalue weighted by molar-refractivity contribution is 7.89. The number of ether oxygens (including phenoxy) is 1. The maximum Gasteiger partial charge on any atom is 0.380 e. The number of nitrogens with one attached hydrogen (secondary N) is 2. The third-order valence-corrected chi connectivity index (χ3v) is 5.16. The highest BCUT2D eigenvalue weighted by atomic mass is 32.2. The van der Waals surface area contributed by atoms with Gasteiger partial charge < -0.3 is 14.6 Å². The quantitative estimate of drug-likeness (QED) is 0.510. The largest absolute Gasteiger partial charge is 0.383 e. The number of hydrogen-bond acceptors (Lipinski definition) is 7. The van der Waals surface area contributed by atoms with E-state index < -0.39 is 27.8 Å². The van der Waals surface area contributed by atoms with Crippen LogP contribution < -0.4 is 4.72 Å². The fraction of sp³-hybridized carbons (Fsp3) is 0.188. The number of amides is 2. The van der Waals surface area contributed by atoms with Crippen LogP contribution in [0.15, 0.2) is 41.4 Å². The summed E-state index contributed by atoms with van der Waals surface area (Å²) in [5.41, 5.74) is -0.00142. The molecule has 1 aliphatic rings. The molecule has 2 amide bonds. The van der Waals surface area contributed by atoms with E-state index in [9.17, 15) is 22.8 Å². The van der Waals surface area contributed by atoms with Crippen molar-refractivity contribution in [3.05, 3.63) is 53.3 Å². The smallest absolute Gasteiger partial charge is 0.380 e. The molecule has 3 rings (SSSR count). The Morgan fingerprint density at radius 2 is 1.81 bits per heavy atom.